The minimum Gasteiger partial charge on any atom is -0.394 e. The Balaban J connectivity index is 1.84. The van der Waals surface area contributed by atoms with Gasteiger partial charge in [0.1, 0.15) is 5.82 Å². The standard InChI is InChI=1S/C19H25N3O2/c1-14-4-6-15(7-5-14)8-11-18(24)21-16-9-10-17(20-12-16)22-19(2,3)13-23/h4-7,9-10,12,23H,8,11,13H2,1-3H3,(H,20,22)(H,21,24). The molecule has 1 amide bonds. The number of benzene rings is 1. The molecule has 0 spiro atoms. The van der Waals surface area contributed by atoms with Crippen LogP contribution in [0.4, 0.5) is 11.5 Å². The van der Waals surface area contributed by atoms with Crippen LogP contribution in [0.1, 0.15) is 31.4 Å². The second kappa shape index (κ2) is 7.93. The summed E-state index contributed by atoms with van der Waals surface area (Å²) in [6, 6.07) is 11.8. The van der Waals surface area contributed by atoms with Crippen molar-refractivity contribution in [3.63, 3.8) is 0 Å². The number of aryl methyl sites for hydroxylation is 2. The normalized spacial score (nSPS) is 11.2. The molecule has 0 aliphatic heterocycles. The van der Waals surface area contributed by atoms with E-state index >= 15 is 0 Å². The Morgan fingerprint density at radius 1 is 1.17 bits per heavy atom. The van der Waals surface area contributed by atoms with E-state index in [2.05, 4.69) is 27.8 Å². The fourth-order valence-electron chi connectivity index (χ4n) is 2.16. The van der Waals surface area contributed by atoms with Gasteiger partial charge in [-0.1, -0.05) is 29.8 Å². The summed E-state index contributed by atoms with van der Waals surface area (Å²) >= 11 is 0. The molecule has 128 valence electrons. The topological polar surface area (TPSA) is 74.2 Å². The van der Waals surface area contributed by atoms with E-state index in [4.69, 9.17) is 0 Å². The molecule has 0 aliphatic carbocycles. The number of aromatic nitrogens is 1. The van der Waals surface area contributed by atoms with Gasteiger partial charge < -0.3 is 15.7 Å². The maximum Gasteiger partial charge on any atom is 0.224 e. The first-order valence-electron chi connectivity index (χ1n) is 8.08. The highest BCUT2D eigenvalue weighted by molar-refractivity contribution is 5.90. The number of pyridine rings is 1. The molecule has 5 nitrogen and oxygen atoms in total. The third kappa shape index (κ3) is 5.66. The molecule has 0 bridgehead atoms. The van der Waals surface area contributed by atoms with Gasteiger partial charge in [-0.15, -0.1) is 0 Å². The first-order valence-corrected chi connectivity index (χ1v) is 8.08. The molecule has 1 aromatic heterocycles. The van der Waals surface area contributed by atoms with Crippen LogP contribution in [0.5, 0.6) is 0 Å². The number of nitrogens with one attached hydrogen (secondary N) is 2. The van der Waals surface area contributed by atoms with Gasteiger partial charge in [0.2, 0.25) is 5.91 Å². The van der Waals surface area contributed by atoms with Crippen molar-refractivity contribution in [2.45, 2.75) is 39.2 Å². The van der Waals surface area contributed by atoms with Crippen molar-refractivity contribution in [1.29, 1.82) is 0 Å². The second-order valence-corrected chi connectivity index (χ2v) is 6.63. The number of amides is 1. The summed E-state index contributed by atoms with van der Waals surface area (Å²) in [6.45, 7) is 5.82. The SMILES string of the molecule is Cc1ccc(CCC(=O)Nc2ccc(NC(C)(C)CO)nc2)cc1. The van der Waals surface area contributed by atoms with Gasteiger partial charge in [-0.05, 0) is 44.9 Å². The molecule has 24 heavy (non-hydrogen) atoms. The summed E-state index contributed by atoms with van der Waals surface area (Å²) in [5, 5.41) is 15.2. The monoisotopic (exact) mass is 327 g/mol. The molecule has 0 radical (unpaired) electrons. The number of carbonyl (C=O) groups excluding carboxylic acids is 1. The van der Waals surface area contributed by atoms with Gasteiger partial charge in [0.15, 0.2) is 0 Å². The molecule has 0 saturated heterocycles. The van der Waals surface area contributed by atoms with Crippen LogP contribution in [0, 0.1) is 6.92 Å². The van der Waals surface area contributed by atoms with Gasteiger partial charge in [-0.2, -0.15) is 0 Å². The Hall–Kier alpha value is -2.40. The van der Waals surface area contributed by atoms with Crippen LogP contribution in [0.25, 0.3) is 0 Å². The van der Waals surface area contributed by atoms with Crippen molar-refractivity contribution in [1.82, 2.24) is 4.98 Å². The van der Waals surface area contributed by atoms with E-state index in [9.17, 15) is 9.90 Å². The van der Waals surface area contributed by atoms with E-state index in [1.807, 2.05) is 32.9 Å². The second-order valence-electron chi connectivity index (χ2n) is 6.63. The maximum absolute atomic E-state index is 12.0. The predicted molar refractivity (Wildman–Crippen MR) is 97.2 cm³/mol. The van der Waals surface area contributed by atoms with E-state index in [0.717, 1.165) is 5.56 Å². The van der Waals surface area contributed by atoms with Crippen molar-refractivity contribution in [2.24, 2.45) is 0 Å². The average Bonchev–Trinajstić information content (AvgIpc) is 2.56. The number of hydrogen-bond acceptors (Lipinski definition) is 4. The van der Waals surface area contributed by atoms with E-state index in [1.54, 1.807) is 18.3 Å². The highest BCUT2D eigenvalue weighted by Crippen LogP contribution is 2.15. The van der Waals surface area contributed by atoms with Crippen molar-refractivity contribution < 1.29 is 9.90 Å². The van der Waals surface area contributed by atoms with Gasteiger partial charge in [-0.25, -0.2) is 4.98 Å². The summed E-state index contributed by atoms with van der Waals surface area (Å²) in [5.41, 5.74) is 2.59. The lowest BCUT2D eigenvalue weighted by molar-refractivity contribution is -0.116. The summed E-state index contributed by atoms with van der Waals surface area (Å²) < 4.78 is 0. The van der Waals surface area contributed by atoms with Gasteiger partial charge in [0.05, 0.1) is 24.0 Å². The zero-order chi connectivity index (χ0) is 17.6. The molecule has 0 aliphatic rings. The van der Waals surface area contributed by atoms with Gasteiger partial charge in [0.25, 0.3) is 0 Å². The fraction of sp³-hybridized carbons (Fsp3) is 0.368. The van der Waals surface area contributed by atoms with E-state index in [-0.39, 0.29) is 12.5 Å². The largest absolute Gasteiger partial charge is 0.394 e. The number of carbonyl (C=O) groups is 1. The smallest absolute Gasteiger partial charge is 0.224 e. The molecule has 0 fully saturated rings. The summed E-state index contributed by atoms with van der Waals surface area (Å²) in [6.07, 6.45) is 2.75. The molecule has 2 rings (SSSR count). The number of anilines is 2. The lowest BCUT2D eigenvalue weighted by Crippen LogP contribution is -2.35. The highest BCUT2D eigenvalue weighted by atomic mass is 16.3. The fourth-order valence-corrected chi connectivity index (χ4v) is 2.16. The average molecular weight is 327 g/mol. The number of nitrogens with zero attached hydrogens (tertiary/aromatic N) is 1. The van der Waals surface area contributed by atoms with Gasteiger partial charge >= 0.3 is 0 Å². The molecule has 0 atom stereocenters. The lowest BCUT2D eigenvalue weighted by atomic mass is 10.1. The minimum atomic E-state index is -0.439. The molecule has 0 saturated carbocycles. The third-order valence-electron chi connectivity index (χ3n) is 3.67. The molecule has 0 unspecified atom stereocenters. The highest BCUT2D eigenvalue weighted by Gasteiger charge is 2.16. The molecule has 2 aromatic rings. The first-order chi connectivity index (χ1) is 11.4. The lowest BCUT2D eigenvalue weighted by Gasteiger charge is -2.24. The predicted octanol–water partition coefficient (Wildman–Crippen LogP) is 3.14. The Labute approximate surface area is 143 Å². The zero-order valence-electron chi connectivity index (χ0n) is 14.5. The Bertz CT molecular complexity index is 664. The maximum atomic E-state index is 12.0. The number of aliphatic hydroxyl groups excluding tert-OH is 1. The Kier molecular flexibility index (Phi) is 5.93. The third-order valence-corrected chi connectivity index (χ3v) is 3.67. The number of hydrogen-bond donors (Lipinski definition) is 3. The van der Waals surface area contributed by atoms with Crippen molar-refractivity contribution >= 4 is 17.4 Å². The van der Waals surface area contributed by atoms with Crippen LogP contribution in [-0.2, 0) is 11.2 Å². The summed E-state index contributed by atoms with van der Waals surface area (Å²) in [5.74, 6) is 0.625. The molecule has 3 N–H and O–H groups in total. The zero-order valence-corrected chi connectivity index (χ0v) is 14.5. The number of rotatable bonds is 7. The van der Waals surface area contributed by atoms with Crippen molar-refractivity contribution in [2.75, 3.05) is 17.2 Å². The summed E-state index contributed by atoms with van der Waals surface area (Å²) in [7, 11) is 0. The van der Waals surface area contributed by atoms with E-state index in [1.165, 1.54) is 5.56 Å². The van der Waals surface area contributed by atoms with Crippen LogP contribution in [0.3, 0.4) is 0 Å². The van der Waals surface area contributed by atoms with Crippen molar-refractivity contribution in [3.05, 3.63) is 53.7 Å². The first kappa shape index (κ1) is 17.9. The van der Waals surface area contributed by atoms with Gasteiger partial charge in [-0.3, -0.25) is 4.79 Å². The van der Waals surface area contributed by atoms with Crippen LogP contribution < -0.4 is 10.6 Å². The van der Waals surface area contributed by atoms with Crippen LogP contribution in [0.2, 0.25) is 0 Å². The minimum absolute atomic E-state index is 0.00613. The Morgan fingerprint density at radius 2 is 1.88 bits per heavy atom. The van der Waals surface area contributed by atoms with Crippen LogP contribution >= 0.6 is 0 Å². The van der Waals surface area contributed by atoms with Crippen LogP contribution in [0.15, 0.2) is 42.6 Å². The molecular formula is C19H25N3O2. The van der Waals surface area contributed by atoms with Crippen LogP contribution in [-0.4, -0.2) is 28.1 Å². The molecule has 1 heterocycles. The van der Waals surface area contributed by atoms with Crippen molar-refractivity contribution in [3.8, 4) is 0 Å². The summed E-state index contributed by atoms with van der Waals surface area (Å²) in [4.78, 5) is 16.3. The molecule has 5 heteroatoms. The molecular weight excluding hydrogens is 302 g/mol. The van der Waals surface area contributed by atoms with Gasteiger partial charge in [0, 0.05) is 6.42 Å². The number of aliphatic hydroxyl groups is 1. The van der Waals surface area contributed by atoms with E-state index in [0.29, 0.717) is 24.3 Å². The molecule has 1 aromatic carbocycles. The Morgan fingerprint density at radius 3 is 2.46 bits per heavy atom. The quantitative estimate of drug-likeness (QED) is 0.730. The van der Waals surface area contributed by atoms with E-state index < -0.39 is 5.54 Å².